The molecule has 1 aliphatic carbocycles. The van der Waals surface area contributed by atoms with Crippen LogP contribution in [0.5, 0.6) is 0 Å². The minimum absolute atomic E-state index is 0.145. The zero-order valence-corrected chi connectivity index (χ0v) is 11.3. The zero-order valence-electron chi connectivity index (χ0n) is 9.72. The fraction of sp³-hybridized carbons (Fsp3) is 0.429. The second kappa shape index (κ2) is 4.34. The smallest absolute Gasteiger partial charge is 0.0184 e. The molecule has 1 aliphatic rings. The van der Waals surface area contributed by atoms with E-state index >= 15 is 0 Å². The van der Waals surface area contributed by atoms with E-state index in [4.69, 9.17) is 5.73 Å². The summed E-state index contributed by atoms with van der Waals surface area (Å²) < 4.78 is 1.13. The van der Waals surface area contributed by atoms with Crippen LogP contribution in [0.1, 0.15) is 37.3 Å². The number of hydrogen-bond donors (Lipinski definition) is 1. The average Bonchev–Trinajstić information content (AvgIpc) is 2.94. The second-order valence-corrected chi connectivity index (χ2v) is 5.91. The number of allylic oxidation sites excluding steroid dienone is 1. The predicted molar refractivity (Wildman–Crippen MR) is 73.3 cm³/mol. The van der Waals surface area contributed by atoms with Crippen LogP contribution in [-0.2, 0) is 6.42 Å². The van der Waals surface area contributed by atoms with Gasteiger partial charge < -0.3 is 5.73 Å². The third-order valence-electron chi connectivity index (χ3n) is 3.25. The lowest BCUT2D eigenvalue weighted by atomic mass is 10.0. The van der Waals surface area contributed by atoms with Crippen LogP contribution in [-0.4, -0.2) is 5.54 Å². The lowest BCUT2D eigenvalue weighted by Crippen LogP contribution is -2.22. The lowest BCUT2D eigenvalue weighted by molar-refractivity contribution is 0.609. The summed E-state index contributed by atoms with van der Waals surface area (Å²) in [6.45, 7) is 6.02. The summed E-state index contributed by atoms with van der Waals surface area (Å²) >= 11 is 3.55. The molecule has 2 rings (SSSR count). The van der Waals surface area contributed by atoms with E-state index < -0.39 is 0 Å². The summed E-state index contributed by atoms with van der Waals surface area (Å²) in [6.07, 6.45) is 4.54. The van der Waals surface area contributed by atoms with Crippen molar-refractivity contribution in [3.63, 3.8) is 0 Å². The van der Waals surface area contributed by atoms with Gasteiger partial charge in [-0.2, -0.15) is 0 Å². The molecule has 1 aromatic rings. The van der Waals surface area contributed by atoms with E-state index in [1.807, 2.05) is 6.92 Å². The number of rotatable bonds is 4. The average molecular weight is 280 g/mol. The first-order valence-electron chi connectivity index (χ1n) is 5.73. The van der Waals surface area contributed by atoms with Gasteiger partial charge in [0.25, 0.3) is 0 Å². The molecule has 0 heterocycles. The standard InChI is InChI=1S/C14H18BrN/c1-10(2)12-7-11(8-13(15)9-12)3-4-14(16)5-6-14/h7-9H,1,3-6,16H2,2H3. The van der Waals surface area contributed by atoms with Crippen LogP contribution in [0.4, 0.5) is 0 Å². The Bertz CT molecular complexity index is 419. The van der Waals surface area contributed by atoms with Crippen molar-refractivity contribution in [2.45, 2.75) is 38.1 Å². The molecular formula is C14H18BrN. The quantitative estimate of drug-likeness (QED) is 0.889. The SMILES string of the molecule is C=C(C)c1cc(Br)cc(CCC2(N)CC2)c1. The Kier molecular flexibility index (Phi) is 3.22. The van der Waals surface area contributed by atoms with Gasteiger partial charge in [-0.1, -0.05) is 34.1 Å². The fourth-order valence-corrected chi connectivity index (χ4v) is 2.39. The summed E-state index contributed by atoms with van der Waals surface area (Å²) in [7, 11) is 0. The van der Waals surface area contributed by atoms with Crippen molar-refractivity contribution in [3.05, 3.63) is 40.4 Å². The van der Waals surface area contributed by atoms with Gasteiger partial charge >= 0.3 is 0 Å². The molecule has 0 unspecified atom stereocenters. The van der Waals surface area contributed by atoms with Crippen molar-refractivity contribution in [1.82, 2.24) is 0 Å². The normalized spacial score (nSPS) is 17.2. The van der Waals surface area contributed by atoms with Crippen molar-refractivity contribution in [3.8, 4) is 0 Å². The number of hydrogen-bond acceptors (Lipinski definition) is 1. The molecular weight excluding hydrogens is 262 g/mol. The molecule has 0 bridgehead atoms. The fourth-order valence-electron chi connectivity index (χ4n) is 1.84. The van der Waals surface area contributed by atoms with E-state index in [9.17, 15) is 0 Å². The molecule has 1 saturated carbocycles. The Hall–Kier alpha value is -0.600. The van der Waals surface area contributed by atoms with Gasteiger partial charge in [-0.3, -0.25) is 0 Å². The molecule has 0 amide bonds. The summed E-state index contributed by atoms with van der Waals surface area (Å²) in [5.41, 5.74) is 9.92. The Balaban J connectivity index is 2.10. The van der Waals surface area contributed by atoms with Gasteiger partial charge in [0, 0.05) is 10.0 Å². The van der Waals surface area contributed by atoms with Gasteiger partial charge in [0.15, 0.2) is 0 Å². The monoisotopic (exact) mass is 279 g/mol. The van der Waals surface area contributed by atoms with Gasteiger partial charge in [0.1, 0.15) is 0 Å². The van der Waals surface area contributed by atoms with Crippen molar-refractivity contribution in [2.24, 2.45) is 5.73 Å². The lowest BCUT2D eigenvalue weighted by Gasteiger charge is -2.10. The van der Waals surface area contributed by atoms with Crippen molar-refractivity contribution in [2.75, 3.05) is 0 Å². The van der Waals surface area contributed by atoms with Crippen LogP contribution in [0.2, 0.25) is 0 Å². The van der Waals surface area contributed by atoms with E-state index in [2.05, 4.69) is 40.7 Å². The topological polar surface area (TPSA) is 26.0 Å². The number of aryl methyl sites for hydroxylation is 1. The summed E-state index contributed by atoms with van der Waals surface area (Å²) in [6, 6.07) is 6.51. The van der Waals surface area contributed by atoms with Crippen LogP contribution in [0.15, 0.2) is 29.3 Å². The summed E-state index contributed by atoms with van der Waals surface area (Å²) in [5, 5.41) is 0. The van der Waals surface area contributed by atoms with Gasteiger partial charge in [-0.15, -0.1) is 0 Å². The second-order valence-electron chi connectivity index (χ2n) is 4.99. The van der Waals surface area contributed by atoms with Crippen LogP contribution >= 0.6 is 15.9 Å². The molecule has 2 N–H and O–H groups in total. The molecule has 1 fully saturated rings. The molecule has 0 spiro atoms. The maximum atomic E-state index is 6.10. The van der Waals surface area contributed by atoms with Crippen molar-refractivity contribution in [1.29, 1.82) is 0 Å². The van der Waals surface area contributed by atoms with E-state index in [1.54, 1.807) is 0 Å². The van der Waals surface area contributed by atoms with E-state index in [0.717, 1.165) is 22.9 Å². The van der Waals surface area contributed by atoms with Crippen LogP contribution in [0.25, 0.3) is 5.57 Å². The molecule has 0 radical (unpaired) electrons. The molecule has 0 aliphatic heterocycles. The Morgan fingerprint density at radius 2 is 2.12 bits per heavy atom. The van der Waals surface area contributed by atoms with Gasteiger partial charge in [-0.25, -0.2) is 0 Å². The van der Waals surface area contributed by atoms with Crippen LogP contribution in [0, 0.1) is 0 Å². The first-order chi connectivity index (χ1) is 7.48. The van der Waals surface area contributed by atoms with Crippen LogP contribution in [0.3, 0.4) is 0 Å². The maximum absolute atomic E-state index is 6.10. The van der Waals surface area contributed by atoms with Crippen molar-refractivity contribution >= 4 is 21.5 Å². The Morgan fingerprint density at radius 3 is 2.69 bits per heavy atom. The molecule has 0 aromatic heterocycles. The van der Waals surface area contributed by atoms with E-state index in [-0.39, 0.29) is 5.54 Å². The minimum Gasteiger partial charge on any atom is -0.325 e. The molecule has 1 nitrogen and oxygen atoms in total. The van der Waals surface area contributed by atoms with Gasteiger partial charge in [0.2, 0.25) is 0 Å². The largest absolute Gasteiger partial charge is 0.325 e. The Labute approximate surface area is 106 Å². The van der Waals surface area contributed by atoms with Crippen molar-refractivity contribution < 1.29 is 0 Å². The summed E-state index contributed by atoms with van der Waals surface area (Å²) in [4.78, 5) is 0. The third kappa shape index (κ3) is 2.96. The molecule has 2 heteroatoms. The summed E-state index contributed by atoms with van der Waals surface area (Å²) in [5.74, 6) is 0. The molecule has 0 atom stereocenters. The molecule has 86 valence electrons. The van der Waals surface area contributed by atoms with E-state index in [0.29, 0.717) is 0 Å². The van der Waals surface area contributed by atoms with Gasteiger partial charge in [-0.05, 0) is 55.9 Å². The third-order valence-corrected chi connectivity index (χ3v) is 3.71. The Morgan fingerprint density at radius 1 is 1.44 bits per heavy atom. The number of halogens is 1. The highest BCUT2D eigenvalue weighted by molar-refractivity contribution is 9.10. The molecule has 16 heavy (non-hydrogen) atoms. The zero-order chi connectivity index (χ0) is 11.8. The highest BCUT2D eigenvalue weighted by Gasteiger charge is 2.37. The van der Waals surface area contributed by atoms with Gasteiger partial charge in [0.05, 0.1) is 0 Å². The first-order valence-corrected chi connectivity index (χ1v) is 6.52. The molecule has 1 aromatic carbocycles. The van der Waals surface area contributed by atoms with Crippen LogP contribution < -0.4 is 5.73 Å². The van der Waals surface area contributed by atoms with E-state index in [1.165, 1.54) is 24.0 Å². The highest BCUT2D eigenvalue weighted by Crippen LogP contribution is 2.36. The molecule has 0 saturated heterocycles. The minimum atomic E-state index is 0.145. The number of benzene rings is 1. The number of nitrogens with two attached hydrogens (primary N) is 1. The highest BCUT2D eigenvalue weighted by atomic mass is 79.9. The maximum Gasteiger partial charge on any atom is 0.0184 e. The predicted octanol–water partition coefficient (Wildman–Crippen LogP) is 3.91. The first kappa shape index (κ1) is 11.9.